The topological polar surface area (TPSA) is 70.0 Å². The molecule has 26 heavy (non-hydrogen) atoms. The number of rotatable bonds is 6. The molecule has 7 heteroatoms. The van der Waals surface area contributed by atoms with Crippen molar-refractivity contribution in [2.45, 2.75) is 13.3 Å². The molecule has 0 fully saturated rings. The number of aromatic nitrogens is 1. The van der Waals surface area contributed by atoms with Gasteiger partial charge in [-0.3, -0.25) is 9.79 Å². The van der Waals surface area contributed by atoms with Crippen LogP contribution in [0.3, 0.4) is 0 Å². The molecule has 0 aliphatic heterocycles. The van der Waals surface area contributed by atoms with Crippen LogP contribution in [-0.2, 0) is 11.2 Å². The van der Waals surface area contributed by atoms with Crippen LogP contribution in [0.2, 0.25) is 5.15 Å². The van der Waals surface area contributed by atoms with E-state index in [2.05, 4.69) is 14.7 Å². The lowest BCUT2D eigenvalue weighted by atomic mass is 10.2. The van der Waals surface area contributed by atoms with Crippen LogP contribution in [0.15, 0.2) is 29.3 Å². The molecular weight excluding hydrogens is 356 g/mol. The van der Waals surface area contributed by atoms with Crippen LogP contribution >= 0.6 is 11.6 Å². The zero-order valence-electron chi connectivity index (χ0n) is 15.6. The molecule has 2 aromatic rings. The summed E-state index contributed by atoms with van der Waals surface area (Å²) in [4.78, 5) is 19.3. The molecule has 0 amide bonds. The van der Waals surface area contributed by atoms with Crippen LogP contribution in [0.1, 0.15) is 21.6 Å². The van der Waals surface area contributed by atoms with E-state index in [4.69, 9.17) is 21.1 Å². The number of nitrogens with zero attached hydrogens (tertiary/aromatic N) is 2. The normalized spacial score (nSPS) is 10.2. The number of ether oxygens (including phenoxy) is 3. The molecule has 1 heterocycles. The first-order chi connectivity index (χ1) is 12.5. The van der Waals surface area contributed by atoms with Gasteiger partial charge in [0.15, 0.2) is 17.8 Å². The SMILES string of the molecule is COC.COc1cc(C)c(N=CCc2ccc(C=O)c(Cl)n2)cc1OC. The van der Waals surface area contributed by atoms with Gasteiger partial charge in [0.1, 0.15) is 5.15 Å². The number of aliphatic imine (C=N–C) groups is 1. The van der Waals surface area contributed by atoms with Gasteiger partial charge in [-0.1, -0.05) is 11.6 Å². The van der Waals surface area contributed by atoms with E-state index in [0.717, 1.165) is 16.9 Å². The van der Waals surface area contributed by atoms with Gasteiger partial charge in [-0.25, -0.2) is 4.98 Å². The highest BCUT2D eigenvalue weighted by atomic mass is 35.5. The Kier molecular flexibility index (Phi) is 9.33. The maximum Gasteiger partial charge on any atom is 0.162 e. The average molecular weight is 379 g/mol. The van der Waals surface area contributed by atoms with Crippen molar-refractivity contribution in [1.29, 1.82) is 0 Å². The third-order valence-electron chi connectivity index (χ3n) is 3.30. The lowest BCUT2D eigenvalue weighted by molar-refractivity contribution is 0.112. The van der Waals surface area contributed by atoms with Gasteiger partial charge in [0, 0.05) is 38.6 Å². The monoisotopic (exact) mass is 378 g/mol. The Labute approximate surface area is 158 Å². The van der Waals surface area contributed by atoms with Crippen molar-refractivity contribution in [2.75, 3.05) is 28.4 Å². The molecule has 0 saturated carbocycles. The summed E-state index contributed by atoms with van der Waals surface area (Å²) in [6.07, 6.45) is 2.93. The van der Waals surface area contributed by atoms with E-state index in [1.54, 1.807) is 46.8 Å². The minimum Gasteiger partial charge on any atom is -0.493 e. The molecule has 0 bridgehead atoms. The molecule has 0 unspecified atom stereocenters. The van der Waals surface area contributed by atoms with Crippen molar-refractivity contribution in [2.24, 2.45) is 4.99 Å². The Balaban J connectivity index is 0.00000105. The fraction of sp³-hybridized carbons (Fsp3) is 0.316. The Bertz CT molecular complexity index is 763. The van der Waals surface area contributed by atoms with Crippen molar-refractivity contribution < 1.29 is 19.0 Å². The molecule has 0 aliphatic rings. The lowest BCUT2D eigenvalue weighted by Gasteiger charge is -2.10. The fourth-order valence-corrected chi connectivity index (χ4v) is 2.25. The van der Waals surface area contributed by atoms with E-state index in [-0.39, 0.29) is 5.15 Å². The maximum atomic E-state index is 10.7. The molecule has 0 atom stereocenters. The van der Waals surface area contributed by atoms with Gasteiger partial charge in [0.25, 0.3) is 0 Å². The van der Waals surface area contributed by atoms with Gasteiger partial charge in [-0.05, 0) is 30.7 Å². The largest absolute Gasteiger partial charge is 0.493 e. The van der Waals surface area contributed by atoms with Crippen molar-refractivity contribution in [3.05, 3.63) is 46.2 Å². The molecule has 0 saturated heterocycles. The predicted molar refractivity (Wildman–Crippen MR) is 104 cm³/mol. The zero-order valence-corrected chi connectivity index (χ0v) is 16.3. The molecule has 0 aliphatic carbocycles. The standard InChI is InChI=1S/C17H17ClN2O3.C2H6O/c1-11-8-15(22-2)16(23-3)9-14(11)19-7-6-13-5-4-12(10-21)17(18)20-13;1-3-2/h4-5,7-10H,6H2,1-3H3;1-2H3. The van der Waals surface area contributed by atoms with Gasteiger partial charge >= 0.3 is 0 Å². The summed E-state index contributed by atoms with van der Waals surface area (Å²) in [7, 11) is 6.43. The van der Waals surface area contributed by atoms with Gasteiger partial charge in [0.05, 0.1) is 25.5 Å². The van der Waals surface area contributed by atoms with Gasteiger partial charge < -0.3 is 14.2 Å². The summed E-state index contributed by atoms with van der Waals surface area (Å²) in [6, 6.07) is 7.09. The Morgan fingerprint density at radius 3 is 2.27 bits per heavy atom. The van der Waals surface area contributed by atoms with Crippen molar-refractivity contribution >= 4 is 29.8 Å². The number of aryl methyl sites for hydroxylation is 1. The number of carbonyl (C=O) groups is 1. The Morgan fingerprint density at radius 1 is 1.12 bits per heavy atom. The quantitative estimate of drug-likeness (QED) is 0.430. The number of pyridine rings is 1. The van der Waals surface area contributed by atoms with E-state index in [0.29, 0.717) is 29.8 Å². The molecule has 0 spiro atoms. The molecule has 0 radical (unpaired) electrons. The van der Waals surface area contributed by atoms with Crippen LogP contribution in [0.4, 0.5) is 5.69 Å². The summed E-state index contributed by atoms with van der Waals surface area (Å²) in [5, 5.41) is 0.202. The fourth-order valence-electron chi connectivity index (χ4n) is 2.03. The molecule has 0 N–H and O–H groups in total. The third-order valence-corrected chi connectivity index (χ3v) is 3.60. The second-order valence-electron chi connectivity index (χ2n) is 5.22. The number of carbonyl (C=O) groups excluding carboxylic acids is 1. The molecule has 140 valence electrons. The summed E-state index contributed by atoms with van der Waals surface area (Å²) in [6.45, 7) is 1.95. The van der Waals surface area contributed by atoms with E-state index in [1.165, 1.54) is 0 Å². The molecule has 1 aromatic carbocycles. The third kappa shape index (κ3) is 6.13. The summed E-state index contributed by atoms with van der Waals surface area (Å²) in [5.41, 5.74) is 2.88. The highest BCUT2D eigenvalue weighted by molar-refractivity contribution is 6.31. The van der Waals surface area contributed by atoms with Crippen LogP contribution < -0.4 is 9.47 Å². The summed E-state index contributed by atoms with van der Waals surface area (Å²) < 4.78 is 14.8. The van der Waals surface area contributed by atoms with Crippen LogP contribution in [-0.4, -0.2) is 45.9 Å². The second-order valence-corrected chi connectivity index (χ2v) is 5.58. The van der Waals surface area contributed by atoms with Crippen molar-refractivity contribution in [3.63, 3.8) is 0 Å². The molecule has 1 aromatic heterocycles. The van der Waals surface area contributed by atoms with Crippen LogP contribution in [0.25, 0.3) is 0 Å². The Hall–Kier alpha value is -2.44. The first-order valence-electron chi connectivity index (χ1n) is 7.76. The smallest absolute Gasteiger partial charge is 0.162 e. The number of halogens is 1. The number of hydrogen-bond donors (Lipinski definition) is 0. The number of hydrogen-bond acceptors (Lipinski definition) is 6. The lowest BCUT2D eigenvalue weighted by Crippen LogP contribution is -1.95. The van der Waals surface area contributed by atoms with E-state index in [9.17, 15) is 4.79 Å². The molecule has 6 nitrogen and oxygen atoms in total. The highest BCUT2D eigenvalue weighted by Crippen LogP contribution is 2.34. The first kappa shape index (κ1) is 21.6. The number of methoxy groups -OCH3 is 3. The van der Waals surface area contributed by atoms with E-state index < -0.39 is 0 Å². The zero-order chi connectivity index (χ0) is 19.5. The second kappa shape index (κ2) is 11.2. The van der Waals surface area contributed by atoms with Crippen LogP contribution in [0.5, 0.6) is 11.5 Å². The predicted octanol–water partition coefficient (Wildman–Crippen LogP) is 4.08. The molecule has 2 rings (SSSR count). The van der Waals surface area contributed by atoms with Crippen molar-refractivity contribution in [3.8, 4) is 11.5 Å². The number of benzene rings is 1. The van der Waals surface area contributed by atoms with Gasteiger partial charge in [0.2, 0.25) is 0 Å². The average Bonchev–Trinajstić information content (AvgIpc) is 2.63. The summed E-state index contributed by atoms with van der Waals surface area (Å²) >= 11 is 5.91. The maximum absolute atomic E-state index is 10.7. The molecular formula is C19H23ClN2O4. The van der Waals surface area contributed by atoms with E-state index >= 15 is 0 Å². The summed E-state index contributed by atoms with van der Waals surface area (Å²) in [5.74, 6) is 1.30. The minimum absolute atomic E-state index is 0.202. The van der Waals surface area contributed by atoms with Crippen molar-refractivity contribution in [1.82, 2.24) is 4.98 Å². The minimum atomic E-state index is 0.202. The van der Waals surface area contributed by atoms with Crippen LogP contribution in [0, 0.1) is 6.92 Å². The van der Waals surface area contributed by atoms with Gasteiger partial charge in [-0.2, -0.15) is 0 Å². The number of aldehydes is 1. The van der Waals surface area contributed by atoms with Gasteiger partial charge in [-0.15, -0.1) is 0 Å². The highest BCUT2D eigenvalue weighted by Gasteiger charge is 2.07. The Morgan fingerprint density at radius 2 is 1.73 bits per heavy atom. The first-order valence-corrected chi connectivity index (χ1v) is 8.14. The van der Waals surface area contributed by atoms with E-state index in [1.807, 2.05) is 19.1 Å².